The maximum atomic E-state index is 10.4. The van der Waals surface area contributed by atoms with Crippen molar-refractivity contribution in [2.45, 2.75) is 50.8 Å². The summed E-state index contributed by atoms with van der Waals surface area (Å²) in [5.41, 5.74) is 3.74. The molecule has 0 spiro atoms. The van der Waals surface area contributed by atoms with Crippen molar-refractivity contribution in [1.82, 2.24) is 10.3 Å². The Morgan fingerprint density at radius 1 is 1.30 bits per heavy atom. The predicted octanol–water partition coefficient (Wildman–Crippen LogP) is 3.40. The summed E-state index contributed by atoms with van der Waals surface area (Å²) >= 11 is 0. The molecule has 2 bridgehead atoms. The zero-order valence-corrected chi connectivity index (χ0v) is 14.0. The molecule has 1 saturated heterocycles. The number of hydrogen-bond donors (Lipinski definition) is 3. The molecule has 2 aromatic rings. The van der Waals surface area contributed by atoms with E-state index in [4.69, 9.17) is 0 Å². The van der Waals surface area contributed by atoms with Crippen LogP contribution in [0.25, 0.3) is 10.9 Å². The first-order chi connectivity index (χ1) is 11.0. The van der Waals surface area contributed by atoms with Crippen LogP contribution >= 0.6 is 0 Å². The van der Waals surface area contributed by atoms with Crippen molar-refractivity contribution in [2.75, 3.05) is 0 Å². The van der Waals surface area contributed by atoms with Crippen molar-refractivity contribution < 1.29 is 5.11 Å². The monoisotopic (exact) mass is 310 g/mol. The Kier molecular flexibility index (Phi) is 3.40. The quantitative estimate of drug-likeness (QED) is 0.745. The third-order valence-electron chi connectivity index (χ3n) is 6.05. The van der Waals surface area contributed by atoms with Crippen LogP contribution in [0.5, 0.6) is 0 Å². The number of nitrogens with one attached hydrogen (secondary N) is 2. The third-order valence-corrected chi connectivity index (χ3v) is 6.05. The van der Waals surface area contributed by atoms with Gasteiger partial charge in [-0.1, -0.05) is 30.4 Å². The fraction of sp³-hybridized carbons (Fsp3) is 0.500. The lowest BCUT2D eigenvalue weighted by Gasteiger charge is -2.53. The fourth-order valence-electron chi connectivity index (χ4n) is 4.80. The first kappa shape index (κ1) is 15.0. The highest BCUT2D eigenvalue weighted by molar-refractivity contribution is 5.83. The molecule has 4 rings (SSSR count). The lowest BCUT2D eigenvalue weighted by molar-refractivity contribution is -0.0165. The molecule has 1 aliphatic heterocycles. The largest absolute Gasteiger partial charge is 0.392 e. The summed E-state index contributed by atoms with van der Waals surface area (Å²) in [5.74, 6) is 0.780. The number of rotatable bonds is 2. The zero-order chi connectivity index (χ0) is 16.2. The van der Waals surface area contributed by atoms with Gasteiger partial charge in [0.1, 0.15) is 0 Å². The molecule has 3 nitrogen and oxygen atoms in total. The van der Waals surface area contributed by atoms with Gasteiger partial charge in [-0.3, -0.25) is 0 Å². The van der Waals surface area contributed by atoms with Crippen molar-refractivity contribution in [3.05, 3.63) is 48.2 Å². The average Bonchev–Trinajstić information content (AvgIpc) is 2.89. The maximum Gasteiger partial charge on any atom is 0.0623 e. The van der Waals surface area contributed by atoms with Crippen LogP contribution in [-0.2, 0) is 6.42 Å². The van der Waals surface area contributed by atoms with Gasteiger partial charge in [0.15, 0.2) is 0 Å². The van der Waals surface area contributed by atoms with Crippen molar-refractivity contribution in [3.8, 4) is 0 Å². The van der Waals surface area contributed by atoms with Crippen molar-refractivity contribution in [1.29, 1.82) is 0 Å². The topological polar surface area (TPSA) is 48.0 Å². The van der Waals surface area contributed by atoms with E-state index in [1.807, 2.05) is 0 Å². The SMILES string of the molecule is C=C1C[C@@H](O)[C@H]2C[C@@H]1[C@@H](Cc1c[nH]c3ccccc13)NC2(C)C. The summed E-state index contributed by atoms with van der Waals surface area (Å²) in [6.45, 7) is 8.73. The Bertz CT molecular complexity index is 745. The maximum absolute atomic E-state index is 10.4. The molecule has 2 heterocycles. The van der Waals surface area contributed by atoms with Crippen molar-refractivity contribution in [2.24, 2.45) is 11.8 Å². The standard InChI is InChI=1S/C20H26N2O/c1-12-8-19(23)16-10-15(12)18(22-20(16,2)3)9-13-11-21-17-7-5-4-6-14(13)17/h4-7,11,15-16,18-19,21-23H,1,8-10H2,2-3H3/t15-,16+,18+,19+/m0/s1. The summed E-state index contributed by atoms with van der Waals surface area (Å²) in [5, 5.41) is 15.5. The molecule has 3 heteroatoms. The van der Waals surface area contributed by atoms with E-state index < -0.39 is 0 Å². The van der Waals surface area contributed by atoms with Gasteiger partial charge >= 0.3 is 0 Å². The van der Waals surface area contributed by atoms with E-state index in [1.54, 1.807) is 0 Å². The highest BCUT2D eigenvalue weighted by Gasteiger charge is 2.48. The Morgan fingerprint density at radius 2 is 2.09 bits per heavy atom. The number of aliphatic hydroxyl groups is 1. The lowest BCUT2D eigenvalue weighted by Crippen LogP contribution is -2.64. The van der Waals surface area contributed by atoms with E-state index in [-0.39, 0.29) is 11.6 Å². The second-order valence-corrected chi connectivity index (χ2v) is 7.91. The number of aliphatic hydroxyl groups excluding tert-OH is 1. The highest BCUT2D eigenvalue weighted by atomic mass is 16.3. The van der Waals surface area contributed by atoms with Crippen molar-refractivity contribution in [3.63, 3.8) is 0 Å². The van der Waals surface area contributed by atoms with Gasteiger partial charge in [0.05, 0.1) is 6.10 Å². The number of para-hydroxylation sites is 1. The van der Waals surface area contributed by atoms with Crippen LogP contribution in [0.1, 0.15) is 32.3 Å². The third kappa shape index (κ3) is 2.43. The van der Waals surface area contributed by atoms with Crippen LogP contribution in [0.15, 0.2) is 42.6 Å². The summed E-state index contributed by atoms with van der Waals surface area (Å²) in [7, 11) is 0. The Hall–Kier alpha value is -1.58. The Balaban J connectivity index is 1.64. The van der Waals surface area contributed by atoms with E-state index in [1.165, 1.54) is 22.0 Å². The van der Waals surface area contributed by atoms with E-state index in [2.05, 4.69) is 61.2 Å². The summed E-state index contributed by atoms with van der Waals surface area (Å²) in [6.07, 6.45) is 4.69. The number of benzene rings is 1. The van der Waals surface area contributed by atoms with E-state index in [9.17, 15) is 5.11 Å². The minimum Gasteiger partial charge on any atom is -0.392 e. The van der Waals surface area contributed by atoms with Gasteiger partial charge in [0.2, 0.25) is 0 Å². The molecule has 0 radical (unpaired) electrons. The van der Waals surface area contributed by atoms with Crippen LogP contribution in [0.4, 0.5) is 0 Å². The van der Waals surface area contributed by atoms with E-state index in [0.29, 0.717) is 17.9 Å². The smallest absolute Gasteiger partial charge is 0.0623 e. The van der Waals surface area contributed by atoms with Gasteiger partial charge < -0.3 is 15.4 Å². The average molecular weight is 310 g/mol. The molecule has 1 aromatic carbocycles. The number of aromatic amines is 1. The van der Waals surface area contributed by atoms with Crippen LogP contribution in [0.3, 0.4) is 0 Å². The number of piperidine rings is 1. The number of hydrogen-bond acceptors (Lipinski definition) is 2. The first-order valence-corrected chi connectivity index (χ1v) is 8.64. The molecule has 4 atom stereocenters. The second kappa shape index (κ2) is 5.22. The lowest BCUT2D eigenvalue weighted by atomic mass is 9.62. The van der Waals surface area contributed by atoms with Crippen LogP contribution < -0.4 is 5.32 Å². The van der Waals surface area contributed by atoms with Gasteiger partial charge in [0, 0.05) is 34.6 Å². The molecular weight excluding hydrogens is 284 g/mol. The van der Waals surface area contributed by atoms with Gasteiger partial charge in [0.25, 0.3) is 0 Å². The molecule has 122 valence electrons. The summed E-state index contributed by atoms with van der Waals surface area (Å²) < 4.78 is 0. The minimum atomic E-state index is -0.254. The summed E-state index contributed by atoms with van der Waals surface area (Å²) in [4.78, 5) is 3.38. The molecule has 0 unspecified atom stereocenters. The molecule has 3 N–H and O–H groups in total. The molecule has 23 heavy (non-hydrogen) atoms. The molecule has 1 aromatic heterocycles. The Labute approximate surface area is 137 Å². The van der Waals surface area contributed by atoms with Crippen molar-refractivity contribution >= 4 is 10.9 Å². The molecule has 2 fully saturated rings. The van der Waals surface area contributed by atoms with E-state index in [0.717, 1.165) is 19.3 Å². The number of aromatic nitrogens is 1. The van der Waals surface area contributed by atoms with Gasteiger partial charge in [-0.05, 0) is 50.7 Å². The minimum absolute atomic E-state index is 0.0343. The van der Waals surface area contributed by atoms with Crippen LogP contribution in [0.2, 0.25) is 0 Å². The molecule has 2 aliphatic rings. The second-order valence-electron chi connectivity index (χ2n) is 7.91. The van der Waals surface area contributed by atoms with Crippen LogP contribution in [-0.4, -0.2) is 27.8 Å². The summed E-state index contributed by atoms with van der Waals surface area (Å²) in [6, 6.07) is 8.88. The number of H-pyrrole nitrogens is 1. The van der Waals surface area contributed by atoms with Gasteiger partial charge in [-0.2, -0.15) is 0 Å². The first-order valence-electron chi connectivity index (χ1n) is 8.64. The van der Waals surface area contributed by atoms with E-state index >= 15 is 0 Å². The van der Waals surface area contributed by atoms with Crippen LogP contribution in [0, 0.1) is 11.8 Å². The highest BCUT2D eigenvalue weighted by Crippen LogP contribution is 2.45. The molecule has 0 amide bonds. The van der Waals surface area contributed by atoms with Gasteiger partial charge in [-0.15, -0.1) is 0 Å². The normalized spacial score (nSPS) is 33.1. The molecule has 1 saturated carbocycles. The molecule has 1 aliphatic carbocycles. The Morgan fingerprint density at radius 3 is 2.91 bits per heavy atom. The molecular formula is C20H26N2O. The predicted molar refractivity (Wildman–Crippen MR) is 94.4 cm³/mol. The van der Waals surface area contributed by atoms with Gasteiger partial charge in [-0.25, -0.2) is 0 Å². The number of fused-ring (bicyclic) bond motifs is 3. The fourth-order valence-corrected chi connectivity index (χ4v) is 4.80. The zero-order valence-electron chi connectivity index (χ0n) is 14.0.